The minimum Gasteiger partial charge on any atom is -0.494 e. The first kappa shape index (κ1) is 13.3. The highest BCUT2D eigenvalue weighted by molar-refractivity contribution is 5.95. The number of ether oxygens (including phenoxy) is 2. The van der Waals surface area contributed by atoms with E-state index >= 15 is 0 Å². The van der Waals surface area contributed by atoms with Crippen LogP contribution in [0.15, 0.2) is 18.2 Å². The van der Waals surface area contributed by atoms with Crippen molar-refractivity contribution in [3.05, 3.63) is 18.2 Å². The van der Waals surface area contributed by atoms with Gasteiger partial charge in [-0.05, 0) is 19.9 Å². The van der Waals surface area contributed by atoms with Crippen LogP contribution in [-0.4, -0.2) is 28.8 Å². The Balaban J connectivity index is 2.66. The van der Waals surface area contributed by atoms with Gasteiger partial charge >= 0.3 is 0 Å². The summed E-state index contributed by atoms with van der Waals surface area (Å²) in [5.41, 5.74) is 0.608. The van der Waals surface area contributed by atoms with Gasteiger partial charge in [-0.2, -0.15) is 0 Å². The van der Waals surface area contributed by atoms with Crippen LogP contribution >= 0.6 is 0 Å². The third kappa shape index (κ3) is 2.36. The molecule has 5 heteroatoms. The lowest BCUT2D eigenvalue weighted by atomic mass is 10.2. The molecule has 1 N–H and O–H groups in total. The number of hydrogen-bond acceptors (Lipinski definition) is 4. The first-order valence-electron chi connectivity index (χ1n) is 6.23. The second-order valence-corrected chi connectivity index (χ2v) is 4.08. The fourth-order valence-electron chi connectivity index (χ4n) is 2.07. The molecular formula is C14H17NO4. The summed E-state index contributed by atoms with van der Waals surface area (Å²) in [6, 6.07) is 5.02. The van der Waals surface area contributed by atoms with Crippen LogP contribution in [0, 0.1) is 0 Å². The molecule has 0 aliphatic carbocycles. The van der Waals surface area contributed by atoms with E-state index in [2.05, 4.69) is 0 Å². The van der Waals surface area contributed by atoms with Crippen LogP contribution in [0.25, 0.3) is 10.9 Å². The van der Waals surface area contributed by atoms with E-state index in [9.17, 15) is 9.90 Å². The molecule has 1 aromatic carbocycles. The second-order valence-electron chi connectivity index (χ2n) is 4.08. The van der Waals surface area contributed by atoms with Gasteiger partial charge in [-0.1, -0.05) is 0 Å². The Morgan fingerprint density at radius 3 is 2.26 bits per heavy atom. The Labute approximate surface area is 111 Å². The van der Waals surface area contributed by atoms with Crippen molar-refractivity contribution in [1.82, 2.24) is 4.57 Å². The first-order chi connectivity index (χ1) is 9.08. The Kier molecular flexibility index (Phi) is 3.64. The van der Waals surface area contributed by atoms with Gasteiger partial charge in [0, 0.05) is 24.4 Å². The molecular weight excluding hydrogens is 246 g/mol. The van der Waals surface area contributed by atoms with Crippen LogP contribution in [-0.2, 0) is 0 Å². The zero-order valence-electron chi connectivity index (χ0n) is 11.3. The summed E-state index contributed by atoms with van der Waals surface area (Å²) in [7, 11) is 0. The average Bonchev–Trinajstić information content (AvgIpc) is 2.65. The van der Waals surface area contributed by atoms with Crippen LogP contribution in [0.5, 0.6) is 17.4 Å². The number of nitrogens with zero attached hydrogens (tertiary/aromatic N) is 1. The molecule has 0 unspecified atom stereocenters. The van der Waals surface area contributed by atoms with Gasteiger partial charge in [-0.3, -0.25) is 9.36 Å². The first-order valence-corrected chi connectivity index (χ1v) is 6.23. The van der Waals surface area contributed by atoms with Crippen LogP contribution < -0.4 is 9.47 Å². The highest BCUT2D eigenvalue weighted by Gasteiger charge is 2.15. The zero-order chi connectivity index (χ0) is 14.0. The quantitative estimate of drug-likeness (QED) is 0.921. The lowest BCUT2D eigenvalue weighted by Gasteiger charge is -2.11. The number of rotatable bonds is 4. The van der Waals surface area contributed by atoms with Crippen molar-refractivity contribution in [3.63, 3.8) is 0 Å². The smallest absolute Gasteiger partial charge is 0.230 e. The van der Waals surface area contributed by atoms with Gasteiger partial charge < -0.3 is 14.6 Å². The molecule has 0 saturated heterocycles. The number of benzene rings is 1. The third-order valence-electron chi connectivity index (χ3n) is 2.76. The number of carbonyl (C=O) groups excluding carboxylic acids is 1. The number of aromatic nitrogens is 1. The summed E-state index contributed by atoms with van der Waals surface area (Å²) in [4.78, 5) is 11.6. The number of fused-ring (bicyclic) bond motifs is 1. The molecule has 0 aliphatic rings. The van der Waals surface area contributed by atoms with E-state index in [1.807, 2.05) is 13.8 Å². The predicted octanol–water partition coefficient (Wildman–Crippen LogP) is 2.80. The lowest BCUT2D eigenvalue weighted by Crippen LogP contribution is -2.05. The Morgan fingerprint density at radius 1 is 1.16 bits per heavy atom. The van der Waals surface area contributed by atoms with E-state index in [1.165, 1.54) is 17.6 Å². The van der Waals surface area contributed by atoms with Crippen molar-refractivity contribution in [2.45, 2.75) is 20.8 Å². The van der Waals surface area contributed by atoms with Crippen molar-refractivity contribution in [1.29, 1.82) is 0 Å². The second kappa shape index (κ2) is 5.22. The predicted molar refractivity (Wildman–Crippen MR) is 72.2 cm³/mol. The normalized spacial score (nSPS) is 10.7. The number of hydrogen-bond donors (Lipinski definition) is 1. The maximum absolute atomic E-state index is 11.6. The van der Waals surface area contributed by atoms with E-state index in [-0.39, 0.29) is 11.8 Å². The molecule has 0 bridgehead atoms. The molecule has 0 aliphatic heterocycles. The van der Waals surface area contributed by atoms with Gasteiger partial charge in [0.1, 0.15) is 0 Å². The van der Waals surface area contributed by atoms with Crippen LogP contribution in [0.2, 0.25) is 0 Å². The summed E-state index contributed by atoms with van der Waals surface area (Å²) in [6.07, 6.45) is 0. The van der Waals surface area contributed by atoms with Gasteiger partial charge in [-0.15, -0.1) is 0 Å². The Morgan fingerprint density at radius 2 is 1.74 bits per heavy atom. The molecule has 19 heavy (non-hydrogen) atoms. The van der Waals surface area contributed by atoms with Crippen molar-refractivity contribution < 1.29 is 19.4 Å². The standard InChI is InChI=1S/C14H17NO4/c1-4-18-12-6-10-7-14(17)15(9(3)16)11(10)8-13(12)19-5-2/h6-8,17H,4-5H2,1-3H3. The molecule has 0 spiro atoms. The highest BCUT2D eigenvalue weighted by Crippen LogP contribution is 2.35. The third-order valence-corrected chi connectivity index (χ3v) is 2.76. The van der Waals surface area contributed by atoms with Crippen LogP contribution in [0.1, 0.15) is 25.6 Å². The van der Waals surface area contributed by atoms with Crippen LogP contribution in [0.3, 0.4) is 0 Å². The molecule has 0 atom stereocenters. The molecule has 0 amide bonds. The summed E-state index contributed by atoms with van der Waals surface area (Å²) < 4.78 is 12.3. The largest absolute Gasteiger partial charge is 0.494 e. The molecule has 0 saturated carbocycles. The maximum Gasteiger partial charge on any atom is 0.230 e. The van der Waals surface area contributed by atoms with Crippen LogP contribution in [0.4, 0.5) is 0 Å². The molecule has 1 aromatic heterocycles. The minimum atomic E-state index is -0.251. The van der Waals surface area contributed by atoms with Gasteiger partial charge in [-0.25, -0.2) is 0 Å². The molecule has 5 nitrogen and oxygen atoms in total. The SMILES string of the molecule is CCOc1cc2cc(O)n(C(C)=O)c2cc1OCC. The molecule has 2 aromatic rings. The van der Waals surface area contributed by atoms with Crippen molar-refractivity contribution in [3.8, 4) is 17.4 Å². The van der Waals surface area contributed by atoms with Crippen molar-refractivity contribution in [2.75, 3.05) is 13.2 Å². The molecule has 2 rings (SSSR count). The fraction of sp³-hybridized carbons (Fsp3) is 0.357. The summed E-state index contributed by atoms with van der Waals surface area (Å²) >= 11 is 0. The molecule has 1 heterocycles. The van der Waals surface area contributed by atoms with Gasteiger partial charge in [0.2, 0.25) is 5.91 Å². The van der Waals surface area contributed by atoms with Gasteiger partial charge in [0.05, 0.1) is 18.7 Å². The monoisotopic (exact) mass is 263 g/mol. The zero-order valence-corrected chi connectivity index (χ0v) is 11.3. The highest BCUT2D eigenvalue weighted by atomic mass is 16.5. The topological polar surface area (TPSA) is 60.7 Å². The minimum absolute atomic E-state index is 0.0846. The molecule has 0 radical (unpaired) electrons. The summed E-state index contributed by atoms with van der Waals surface area (Å²) in [6.45, 7) is 6.18. The average molecular weight is 263 g/mol. The van der Waals surface area contributed by atoms with Gasteiger partial charge in [0.25, 0.3) is 0 Å². The van der Waals surface area contributed by atoms with Crippen molar-refractivity contribution >= 4 is 16.8 Å². The summed E-state index contributed by atoms with van der Waals surface area (Å²) in [5, 5.41) is 10.5. The van der Waals surface area contributed by atoms with E-state index in [4.69, 9.17) is 9.47 Å². The summed E-state index contributed by atoms with van der Waals surface area (Å²) in [5.74, 6) is 0.840. The van der Waals surface area contributed by atoms with E-state index in [0.29, 0.717) is 30.2 Å². The molecule has 102 valence electrons. The maximum atomic E-state index is 11.6. The van der Waals surface area contributed by atoms with E-state index in [1.54, 1.807) is 12.1 Å². The molecule has 0 fully saturated rings. The Bertz CT molecular complexity index is 615. The lowest BCUT2D eigenvalue weighted by molar-refractivity contribution is 0.0933. The fourth-order valence-corrected chi connectivity index (χ4v) is 2.07. The van der Waals surface area contributed by atoms with Gasteiger partial charge in [0.15, 0.2) is 17.4 Å². The number of aromatic hydroxyl groups is 1. The van der Waals surface area contributed by atoms with E-state index < -0.39 is 0 Å². The number of carbonyl (C=O) groups is 1. The Hall–Kier alpha value is -2.17. The van der Waals surface area contributed by atoms with E-state index in [0.717, 1.165) is 5.39 Å². The van der Waals surface area contributed by atoms with Crippen molar-refractivity contribution in [2.24, 2.45) is 0 Å².